The molecule has 0 aromatic carbocycles. The van der Waals surface area contributed by atoms with Crippen molar-refractivity contribution in [3.05, 3.63) is 0 Å². The number of rotatable bonds is 0. The summed E-state index contributed by atoms with van der Waals surface area (Å²) >= 11 is 0. The van der Waals surface area contributed by atoms with E-state index in [2.05, 4.69) is 0 Å². The van der Waals surface area contributed by atoms with Gasteiger partial charge in [0.25, 0.3) is 0 Å². The standard InChI is InChI=1S/F2O.Ho/c1-3-2;. The normalized spacial score (nSPS) is 4.50. The molecule has 0 heterocycles. The summed E-state index contributed by atoms with van der Waals surface area (Å²) in [5, 5.41) is 1.25. The molecule has 0 spiro atoms. The van der Waals surface area contributed by atoms with Crippen molar-refractivity contribution in [1.82, 2.24) is 0 Å². The molecule has 0 aromatic heterocycles. The minimum atomic E-state index is 0. The van der Waals surface area contributed by atoms with E-state index in [1.165, 1.54) is 5.15 Å². The number of halogens is 2. The fraction of sp³-hybridized carbons (Fsp3) is 0. The van der Waals surface area contributed by atoms with Crippen LogP contribution in [0.5, 0.6) is 0 Å². The van der Waals surface area contributed by atoms with Gasteiger partial charge in [0.05, 0.1) is 0 Å². The van der Waals surface area contributed by atoms with Gasteiger partial charge in [-0.25, -0.2) is 0 Å². The summed E-state index contributed by atoms with van der Waals surface area (Å²) in [4.78, 5) is 0. The van der Waals surface area contributed by atoms with Crippen molar-refractivity contribution in [3.63, 3.8) is 0 Å². The van der Waals surface area contributed by atoms with E-state index in [-0.39, 0.29) is 37.7 Å². The Morgan fingerprint density at radius 3 is 1.25 bits per heavy atom. The average Bonchev–Trinajstić information content (AvgIpc) is 0.918. The van der Waals surface area contributed by atoms with Crippen LogP contribution in [0.2, 0.25) is 0 Å². The molecule has 0 aliphatic rings. The first-order chi connectivity index (χ1) is 1.41. The van der Waals surface area contributed by atoms with Gasteiger partial charge in [-0.2, -0.15) is 0 Å². The maximum Gasteiger partial charge on any atom is 0.0209 e. The van der Waals surface area contributed by atoms with Crippen LogP contribution in [-0.4, -0.2) is 0 Å². The van der Waals surface area contributed by atoms with Crippen LogP contribution < -0.4 is 0 Å². The second kappa shape index (κ2) is 8.95. The van der Waals surface area contributed by atoms with Gasteiger partial charge in [0.2, 0.25) is 0 Å². The van der Waals surface area contributed by atoms with Crippen molar-refractivity contribution in [2.75, 3.05) is 0 Å². The van der Waals surface area contributed by atoms with Gasteiger partial charge >= 0.3 is 0 Å². The van der Waals surface area contributed by atoms with Gasteiger partial charge in [-0.05, 0) is 9.05 Å². The summed E-state index contributed by atoms with van der Waals surface area (Å²) < 4.78 is 18.2. The van der Waals surface area contributed by atoms with E-state index in [1.54, 1.807) is 0 Å². The van der Waals surface area contributed by atoms with Crippen LogP contribution in [0.1, 0.15) is 0 Å². The predicted octanol–water partition coefficient (Wildman–Crippen LogP) is 0.772. The minimum absolute atomic E-state index is 0. The van der Waals surface area contributed by atoms with Crippen molar-refractivity contribution in [3.8, 4) is 0 Å². The van der Waals surface area contributed by atoms with Gasteiger partial charge in [0.1, 0.15) is 0 Å². The van der Waals surface area contributed by atoms with Crippen LogP contribution in [0, 0.1) is 37.7 Å². The molecule has 0 fully saturated rings. The number of hydrogen-bond donors (Lipinski definition) is 0. The first kappa shape index (κ1) is 8.91. The molecule has 1 radical (unpaired) electrons. The Hall–Kier alpha value is 1.08. The van der Waals surface area contributed by atoms with E-state index < -0.39 is 0 Å². The minimum Gasteiger partial charge on any atom is -0.0104 e. The zero-order valence-electron chi connectivity index (χ0n) is 1.47. The van der Waals surface area contributed by atoms with Crippen LogP contribution in [0.25, 0.3) is 0 Å². The van der Waals surface area contributed by atoms with Crippen molar-refractivity contribution in [2.45, 2.75) is 0 Å². The molecule has 0 atom stereocenters. The number of hydrogen-bond acceptors (Lipinski definition) is 1. The Labute approximate surface area is 51.7 Å². The van der Waals surface area contributed by atoms with Crippen molar-refractivity contribution in [1.29, 1.82) is 0 Å². The molecule has 0 amide bonds. The molecule has 4 heavy (non-hydrogen) atoms. The van der Waals surface area contributed by atoms with Gasteiger partial charge in [0, 0.05) is 42.9 Å². The van der Waals surface area contributed by atoms with E-state index in [4.69, 9.17) is 9.05 Å². The molecule has 0 unspecified atom stereocenters. The molecule has 31 valence electrons. The SMILES string of the molecule is FOF.[Ho]. The van der Waals surface area contributed by atoms with E-state index in [0.29, 0.717) is 0 Å². The van der Waals surface area contributed by atoms with Gasteiger partial charge in [0.15, 0.2) is 0 Å². The maximum absolute atomic E-state index is 9.12. The summed E-state index contributed by atoms with van der Waals surface area (Å²) in [5.41, 5.74) is 0. The monoisotopic (exact) mass is 219 g/mol. The zero-order valence-corrected chi connectivity index (χ0v) is 3.40. The summed E-state index contributed by atoms with van der Waals surface area (Å²) in [6, 6.07) is 0. The quantitative estimate of drug-likeness (QED) is 0.546. The first-order valence-electron chi connectivity index (χ1n) is 0.309. The van der Waals surface area contributed by atoms with Gasteiger partial charge in [-0.15, -0.1) is 0 Å². The van der Waals surface area contributed by atoms with Gasteiger partial charge in [-0.1, -0.05) is 0 Å². The molecule has 4 heteroatoms. The average molecular weight is 219 g/mol. The second-order valence-electron chi connectivity index (χ2n) is 0.0583. The van der Waals surface area contributed by atoms with E-state index in [1.807, 2.05) is 0 Å². The smallest absolute Gasteiger partial charge is 0.0104 e. The van der Waals surface area contributed by atoms with Crippen molar-refractivity contribution in [2.24, 2.45) is 0 Å². The molecular weight excluding hydrogens is 219 g/mol. The summed E-state index contributed by atoms with van der Waals surface area (Å²) in [6.45, 7) is 0. The maximum atomic E-state index is 9.12. The topological polar surface area (TPSA) is 9.23 Å². The van der Waals surface area contributed by atoms with Crippen LogP contribution >= 0.6 is 0 Å². The summed E-state index contributed by atoms with van der Waals surface area (Å²) in [7, 11) is 0. The third-order valence-corrected chi connectivity index (χ3v) is 0. The first-order valence-corrected chi connectivity index (χ1v) is 0.309. The molecule has 0 aromatic rings. The fourth-order valence-electron chi connectivity index (χ4n) is 0. The summed E-state index contributed by atoms with van der Waals surface area (Å²) in [5.74, 6) is 0. The molecule has 0 bridgehead atoms. The van der Waals surface area contributed by atoms with Crippen molar-refractivity contribution < 1.29 is 51.9 Å². The third kappa shape index (κ3) is 11.4. The molecule has 0 aliphatic carbocycles. The van der Waals surface area contributed by atoms with E-state index in [0.717, 1.165) is 0 Å². The molecule has 0 aliphatic heterocycles. The van der Waals surface area contributed by atoms with Crippen LogP contribution in [-0.2, 0) is 5.15 Å². The fourth-order valence-corrected chi connectivity index (χ4v) is 0. The van der Waals surface area contributed by atoms with Gasteiger partial charge in [-0.3, -0.25) is 0 Å². The Balaban J connectivity index is 0. The van der Waals surface area contributed by atoms with Crippen LogP contribution in [0.4, 0.5) is 9.05 Å². The third-order valence-electron chi connectivity index (χ3n) is 0. The Morgan fingerprint density at radius 2 is 1.25 bits per heavy atom. The van der Waals surface area contributed by atoms with Crippen LogP contribution in [0.15, 0.2) is 0 Å². The summed E-state index contributed by atoms with van der Waals surface area (Å²) in [6.07, 6.45) is 0. The molecule has 0 N–H and O–H groups in total. The van der Waals surface area contributed by atoms with E-state index in [9.17, 15) is 0 Å². The Bertz CT molecular complexity index is 6.00. The molecule has 1 nitrogen and oxygen atoms in total. The zero-order chi connectivity index (χ0) is 2.71. The van der Waals surface area contributed by atoms with E-state index >= 15 is 0 Å². The molecule has 0 saturated heterocycles. The Kier molecular flexibility index (Phi) is 19.9. The van der Waals surface area contributed by atoms with Gasteiger partial charge < -0.3 is 0 Å². The second-order valence-corrected chi connectivity index (χ2v) is 0.0583. The largest absolute Gasteiger partial charge is 0.0209 e. The molecular formula is F2HoO. The Morgan fingerprint density at radius 1 is 1.25 bits per heavy atom. The van der Waals surface area contributed by atoms with Crippen LogP contribution in [0.3, 0.4) is 0 Å². The predicted molar refractivity (Wildman–Crippen MR) is 3.30 cm³/mol. The molecule has 0 rings (SSSR count). The van der Waals surface area contributed by atoms with Crippen molar-refractivity contribution >= 4 is 0 Å². The molecule has 0 saturated carbocycles.